The molecule has 3 rings (SSSR count). The van der Waals surface area contributed by atoms with Gasteiger partial charge in [0.05, 0.1) is 12.8 Å². The molecule has 0 N–H and O–H groups in total. The van der Waals surface area contributed by atoms with Crippen molar-refractivity contribution in [3.05, 3.63) is 53.6 Å². The van der Waals surface area contributed by atoms with E-state index in [9.17, 15) is 13.2 Å². The topological polar surface area (TPSA) is 81.5 Å². The van der Waals surface area contributed by atoms with Crippen LogP contribution >= 0.6 is 0 Å². The highest BCUT2D eigenvalue weighted by atomic mass is 32.2. The van der Waals surface area contributed by atoms with Gasteiger partial charge in [-0.3, -0.25) is 0 Å². The number of carbonyl (C=O) groups excluding carboxylic acids is 1. The van der Waals surface area contributed by atoms with Crippen LogP contribution in [-0.2, 0) is 34.5 Å². The van der Waals surface area contributed by atoms with Crippen LogP contribution in [0.5, 0.6) is 0 Å². The SMILES string of the molecule is CS(=O)(=O)N1CCn2cc(C(=O)OCc3ccccc3)nc2C1. The second-order valence-corrected chi connectivity index (χ2v) is 7.38. The zero-order chi connectivity index (χ0) is 16.4. The Morgan fingerprint density at radius 2 is 2.00 bits per heavy atom. The predicted octanol–water partition coefficient (Wildman–Crippen LogP) is 1.02. The van der Waals surface area contributed by atoms with E-state index in [4.69, 9.17) is 4.74 Å². The summed E-state index contributed by atoms with van der Waals surface area (Å²) in [6.45, 7) is 1.20. The standard InChI is InChI=1S/C15H17N3O4S/c1-23(20,21)18-8-7-17-9-13(16-14(17)10-18)15(19)22-11-12-5-3-2-4-6-12/h2-6,9H,7-8,10-11H2,1H3. The van der Waals surface area contributed by atoms with E-state index in [2.05, 4.69) is 4.98 Å². The molecule has 7 nitrogen and oxygen atoms in total. The van der Waals surface area contributed by atoms with E-state index in [-0.39, 0.29) is 18.8 Å². The van der Waals surface area contributed by atoms with E-state index in [1.165, 1.54) is 10.6 Å². The van der Waals surface area contributed by atoms with Crippen molar-refractivity contribution in [1.29, 1.82) is 0 Å². The van der Waals surface area contributed by atoms with Gasteiger partial charge in [-0.15, -0.1) is 0 Å². The molecule has 0 atom stereocenters. The number of ether oxygens (including phenoxy) is 1. The van der Waals surface area contributed by atoms with Crippen LogP contribution in [0.4, 0.5) is 0 Å². The molecule has 8 heteroatoms. The third kappa shape index (κ3) is 3.59. The molecule has 0 saturated carbocycles. The molecular formula is C15H17N3O4S. The maximum atomic E-state index is 12.1. The number of fused-ring (bicyclic) bond motifs is 1. The maximum Gasteiger partial charge on any atom is 0.358 e. The summed E-state index contributed by atoms with van der Waals surface area (Å²) < 4.78 is 31.6. The van der Waals surface area contributed by atoms with Gasteiger partial charge in [-0.25, -0.2) is 18.2 Å². The molecule has 1 aromatic carbocycles. The minimum atomic E-state index is -3.26. The number of rotatable bonds is 4. The van der Waals surface area contributed by atoms with Gasteiger partial charge >= 0.3 is 5.97 Å². The lowest BCUT2D eigenvalue weighted by atomic mass is 10.2. The molecule has 0 saturated heterocycles. The fourth-order valence-corrected chi connectivity index (χ4v) is 3.17. The molecule has 0 fully saturated rings. The first kappa shape index (κ1) is 15.7. The lowest BCUT2D eigenvalue weighted by molar-refractivity contribution is 0.0466. The van der Waals surface area contributed by atoms with Gasteiger partial charge in [0.2, 0.25) is 10.0 Å². The fraction of sp³-hybridized carbons (Fsp3) is 0.333. The minimum absolute atomic E-state index is 0.171. The number of hydrogen-bond acceptors (Lipinski definition) is 5. The molecule has 2 aromatic rings. The van der Waals surface area contributed by atoms with Crippen molar-refractivity contribution in [2.45, 2.75) is 19.7 Å². The van der Waals surface area contributed by atoms with Crippen molar-refractivity contribution in [2.24, 2.45) is 0 Å². The highest BCUT2D eigenvalue weighted by molar-refractivity contribution is 7.88. The van der Waals surface area contributed by atoms with E-state index >= 15 is 0 Å². The number of hydrogen-bond donors (Lipinski definition) is 0. The Balaban J connectivity index is 1.68. The molecule has 2 heterocycles. The number of nitrogens with zero attached hydrogens (tertiary/aromatic N) is 3. The van der Waals surface area contributed by atoms with Crippen LogP contribution in [0.1, 0.15) is 21.9 Å². The molecule has 122 valence electrons. The Morgan fingerprint density at radius 3 is 2.70 bits per heavy atom. The monoisotopic (exact) mass is 335 g/mol. The summed E-state index contributed by atoms with van der Waals surface area (Å²) in [6, 6.07) is 9.38. The number of aromatic nitrogens is 2. The largest absolute Gasteiger partial charge is 0.456 e. The normalized spacial score (nSPS) is 15.2. The highest BCUT2D eigenvalue weighted by Crippen LogP contribution is 2.16. The van der Waals surface area contributed by atoms with Crippen molar-refractivity contribution >= 4 is 16.0 Å². The number of sulfonamides is 1. The summed E-state index contributed by atoms with van der Waals surface area (Å²) in [5.74, 6) is 0.0370. The van der Waals surface area contributed by atoms with Crippen molar-refractivity contribution in [1.82, 2.24) is 13.9 Å². The second kappa shape index (κ2) is 6.13. The summed E-state index contributed by atoms with van der Waals surface area (Å²) in [4.78, 5) is 16.3. The second-order valence-electron chi connectivity index (χ2n) is 5.39. The van der Waals surface area contributed by atoms with Gasteiger partial charge in [-0.05, 0) is 5.56 Å². The Labute approximate surface area is 134 Å². The molecule has 1 aliphatic rings. The van der Waals surface area contributed by atoms with Crippen molar-refractivity contribution in [2.75, 3.05) is 12.8 Å². The summed E-state index contributed by atoms with van der Waals surface area (Å²) >= 11 is 0. The Kier molecular flexibility index (Phi) is 4.18. The van der Waals surface area contributed by atoms with Crippen molar-refractivity contribution in [3.8, 4) is 0 Å². The summed E-state index contributed by atoms with van der Waals surface area (Å²) in [5, 5.41) is 0. The van der Waals surface area contributed by atoms with Crippen LogP contribution in [-0.4, -0.2) is 41.0 Å². The van der Waals surface area contributed by atoms with Gasteiger partial charge in [0, 0.05) is 19.3 Å². The summed E-state index contributed by atoms with van der Waals surface area (Å²) in [5.41, 5.74) is 1.10. The zero-order valence-corrected chi connectivity index (χ0v) is 13.5. The van der Waals surface area contributed by atoms with Crippen LogP contribution in [0, 0.1) is 0 Å². The Morgan fingerprint density at radius 1 is 1.26 bits per heavy atom. The van der Waals surface area contributed by atoms with Gasteiger partial charge < -0.3 is 9.30 Å². The summed E-state index contributed by atoms with van der Waals surface area (Å²) in [7, 11) is -3.26. The zero-order valence-electron chi connectivity index (χ0n) is 12.7. The van der Waals surface area contributed by atoms with Crippen molar-refractivity contribution < 1.29 is 17.9 Å². The quantitative estimate of drug-likeness (QED) is 0.779. The molecule has 0 bridgehead atoms. The fourth-order valence-electron chi connectivity index (χ4n) is 2.41. The molecular weight excluding hydrogens is 318 g/mol. The Hall–Kier alpha value is -2.19. The molecule has 0 spiro atoms. The van der Waals surface area contributed by atoms with Crippen LogP contribution < -0.4 is 0 Å². The van der Waals surface area contributed by atoms with E-state index in [1.54, 1.807) is 10.8 Å². The van der Waals surface area contributed by atoms with Gasteiger partial charge in [-0.1, -0.05) is 30.3 Å². The third-order valence-electron chi connectivity index (χ3n) is 3.66. The van der Waals surface area contributed by atoms with Crippen LogP contribution in [0.3, 0.4) is 0 Å². The van der Waals surface area contributed by atoms with Gasteiger partial charge in [0.15, 0.2) is 5.69 Å². The van der Waals surface area contributed by atoms with Gasteiger partial charge in [0.25, 0.3) is 0 Å². The maximum absolute atomic E-state index is 12.1. The molecule has 0 radical (unpaired) electrons. The first-order valence-corrected chi connectivity index (χ1v) is 9.00. The number of benzene rings is 1. The van der Waals surface area contributed by atoms with Crippen LogP contribution in [0.2, 0.25) is 0 Å². The van der Waals surface area contributed by atoms with E-state index in [0.717, 1.165) is 5.56 Å². The smallest absolute Gasteiger partial charge is 0.358 e. The van der Waals surface area contributed by atoms with Gasteiger partial charge in [0.1, 0.15) is 12.4 Å². The van der Waals surface area contributed by atoms with E-state index < -0.39 is 16.0 Å². The van der Waals surface area contributed by atoms with Gasteiger partial charge in [-0.2, -0.15) is 4.31 Å². The molecule has 0 aliphatic carbocycles. The number of imidazole rings is 1. The van der Waals surface area contributed by atoms with E-state index in [1.807, 2.05) is 30.3 Å². The first-order valence-electron chi connectivity index (χ1n) is 7.16. The average molecular weight is 335 g/mol. The molecule has 0 amide bonds. The molecule has 1 aromatic heterocycles. The predicted molar refractivity (Wildman–Crippen MR) is 83.0 cm³/mol. The minimum Gasteiger partial charge on any atom is -0.456 e. The lowest BCUT2D eigenvalue weighted by Crippen LogP contribution is -2.37. The van der Waals surface area contributed by atoms with Crippen LogP contribution in [0.25, 0.3) is 0 Å². The lowest BCUT2D eigenvalue weighted by Gasteiger charge is -2.25. The molecule has 0 unspecified atom stereocenters. The first-order chi connectivity index (χ1) is 10.9. The number of esters is 1. The van der Waals surface area contributed by atoms with Crippen LogP contribution in [0.15, 0.2) is 36.5 Å². The van der Waals surface area contributed by atoms with E-state index in [0.29, 0.717) is 18.9 Å². The highest BCUT2D eigenvalue weighted by Gasteiger charge is 2.26. The molecule has 23 heavy (non-hydrogen) atoms. The van der Waals surface area contributed by atoms with Crippen molar-refractivity contribution in [3.63, 3.8) is 0 Å². The average Bonchev–Trinajstić information content (AvgIpc) is 2.96. The molecule has 1 aliphatic heterocycles. The number of carbonyl (C=O) groups is 1. The Bertz CT molecular complexity index is 815. The summed E-state index contributed by atoms with van der Waals surface area (Å²) in [6.07, 6.45) is 2.78. The third-order valence-corrected chi connectivity index (χ3v) is 4.91.